The number of piperidine rings is 1. The van der Waals surface area contributed by atoms with Gasteiger partial charge in [-0.15, -0.1) is 12.4 Å². The lowest BCUT2D eigenvalue weighted by molar-refractivity contribution is 0.149. The summed E-state index contributed by atoms with van der Waals surface area (Å²) in [5.74, 6) is 1.64. The average Bonchev–Trinajstić information content (AvgIpc) is 2.40. The molecule has 0 radical (unpaired) electrons. The van der Waals surface area contributed by atoms with Gasteiger partial charge in [0.1, 0.15) is 12.4 Å². The number of para-hydroxylation sites is 1. The molecule has 2 N–H and O–H groups in total. The number of ether oxygens (including phenoxy) is 1. The summed E-state index contributed by atoms with van der Waals surface area (Å²) in [5, 5.41) is 0. The Morgan fingerprint density at radius 3 is 2.78 bits per heavy atom. The zero-order valence-electron chi connectivity index (χ0n) is 10.8. The normalized spacial score (nSPS) is 20.2. The van der Waals surface area contributed by atoms with Crippen LogP contribution in [0.3, 0.4) is 0 Å². The van der Waals surface area contributed by atoms with Gasteiger partial charge >= 0.3 is 0 Å². The van der Waals surface area contributed by atoms with Gasteiger partial charge in [0, 0.05) is 13.1 Å². The highest BCUT2D eigenvalue weighted by Gasteiger charge is 2.18. The third kappa shape index (κ3) is 4.84. The van der Waals surface area contributed by atoms with E-state index in [2.05, 4.69) is 4.90 Å². The first-order chi connectivity index (χ1) is 8.38. The van der Waals surface area contributed by atoms with E-state index in [4.69, 9.17) is 10.5 Å². The Morgan fingerprint density at radius 1 is 1.28 bits per heavy atom. The molecule has 1 atom stereocenters. The van der Waals surface area contributed by atoms with Crippen molar-refractivity contribution in [1.29, 1.82) is 0 Å². The van der Waals surface area contributed by atoms with Gasteiger partial charge < -0.3 is 10.5 Å². The predicted molar refractivity (Wildman–Crippen MR) is 77.4 cm³/mol. The lowest BCUT2D eigenvalue weighted by Crippen LogP contribution is -2.40. The summed E-state index contributed by atoms with van der Waals surface area (Å²) in [6.45, 7) is 4.91. The first-order valence-corrected chi connectivity index (χ1v) is 6.49. The lowest BCUT2D eigenvalue weighted by Gasteiger charge is -2.31. The molecule has 1 heterocycles. The van der Waals surface area contributed by atoms with E-state index >= 15 is 0 Å². The van der Waals surface area contributed by atoms with Crippen molar-refractivity contribution >= 4 is 12.4 Å². The van der Waals surface area contributed by atoms with Crippen molar-refractivity contribution in [2.45, 2.75) is 12.8 Å². The highest BCUT2D eigenvalue weighted by atomic mass is 35.5. The zero-order valence-corrected chi connectivity index (χ0v) is 11.6. The standard InChI is InChI=1S/C14H22N2O.ClH/c15-11-13-5-4-8-16(12-13)9-10-17-14-6-2-1-3-7-14;/h1-3,6-7,13H,4-5,8-12,15H2;1H. The second-order valence-corrected chi connectivity index (χ2v) is 4.71. The second kappa shape index (κ2) is 8.35. The molecule has 1 saturated heterocycles. The van der Waals surface area contributed by atoms with Crippen molar-refractivity contribution in [3.8, 4) is 5.75 Å². The quantitative estimate of drug-likeness (QED) is 0.891. The molecule has 18 heavy (non-hydrogen) atoms. The molecule has 1 fully saturated rings. The fraction of sp³-hybridized carbons (Fsp3) is 0.571. The predicted octanol–water partition coefficient (Wildman–Crippen LogP) is 2.16. The maximum Gasteiger partial charge on any atom is 0.119 e. The van der Waals surface area contributed by atoms with E-state index in [1.165, 1.54) is 19.4 Å². The van der Waals surface area contributed by atoms with Crippen LogP contribution in [0.5, 0.6) is 5.75 Å². The Morgan fingerprint density at radius 2 is 2.06 bits per heavy atom. The molecule has 0 bridgehead atoms. The van der Waals surface area contributed by atoms with Crippen LogP contribution in [0.1, 0.15) is 12.8 Å². The zero-order chi connectivity index (χ0) is 11.9. The van der Waals surface area contributed by atoms with Crippen LogP contribution in [0.15, 0.2) is 30.3 Å². The van der Waals surface area contributed by atoms with Crippen LogP contribution >= 0.6 is 12.4 Å². The average molecular weight is 271 g/mol. The van der Waals surface area contributed by atoms with Crippen molar-refractivity contribution in [3.05, 3.63) is 30.3 Å². The fourth-order valence-corrected chi connectivity index (χ4v) is 2.36. The Labute approximate surface area is 116 Å². The SMILES string of the molecule is Cl.NCC1CCCN(CCOc2ccccc2)C1. The van der Waals surface area contributed by atoms with Gasteiger partial charge in [-0.2, -0.15) is 0 Å². The molecule has 4 heteroatoms. The van der Waals surface area contributed by atoms with E-state index in [0.29, 0.717) is 5.92 Å². The third-order valence-electron chi connectivity index (χ3n) is 3.36. The van der Waals surface area contributed by atoms with Gasteiger partial charge in [-0.3, -0.25) is 4.90 Å². The van der Waals surface area contributed by atoms with Gasteiger partial charge in [0.2, 0.25) is 0 Å². The van der Waals surface area contributed by atoms with Crippen molar-refractivity contribution in [3.63, 3.8) is 0 Å². The first kappa shape index (κ1) is 15.3. The van der Waals surface area contributed by atoms with E-state index in [9.17, 15) is 0 Å². The summed E-state index contributed by atoms with van der Waals surface area (Å²) in [6, 6.07) is 10.0. The molecule has 0 aliphatic carbocycles. The Bertz CT molecular complexity index is 321. The molecule has 0 saturated carbocycles. The Balaban J connectivity index is 0.00000162. The van der Waals surface area contributed by atoms with Crippen LogP contribution < -0.4 is 10.5 Å². The molecule has 1 aliphatic rings. The van der Waals surface area contributed by atoms with Crippen LogP contribution in [0, 0.1) is 5.92 Å². The van der Waals surface area contributed by atoms with Crippen molar-refractivity contribution in [2.75, 3.05) is 32.8 Å². The molecule has 0 aromatic heterocycles. The van der Waals surface area contributed by atoms with Crippen LogP contribution in [-0.2, 0) is 0 Å². The number of nitrogens with two attached hydrogens (primary N) is 1. The van der Waals surface area contributed by atoms with E-state index in [-0.39, 0.29) is 12.4 Å². The molecule has 0 amide bonds. The molecule has 2 rings (SSSR count). The smallest absolute Gasteiger partial charge is 0.119 e. The fourth-order valence-electron chi connectivity index (χ4n) is 2.36. The van der Waals surface area contributed by atoms with Crippen molar-refractivity contribution in [1.82, 2.24) is 4.90 Å². The van der Waals surface area contributed by atoms with Crippen LogP contribution in [0.25, 0.3) is 0 Å². The number of hydrogen-bond donors (Lipinski definition) is 1. The minimum Gasteiger partial charge on any atom is -0.492 e. The van der Waals surface area contributed by atoms with Gasteiger partial charge in [0.15, 0.2) is 0 Å². The summed E-state index contributed by atoms with van der Waals surface area (Å²) in [4.78, 5) is 2.46. The first-order valence-electron chi connectivity index (χ1n) is 6.49. The van der Waals surface area contributed by atoms with E-state index in [1.54, 1.807) is 0 Å². The van der Waals surface area contributed by atoms with Gasteiger partial charge in [-0.05, 0) is 44.0 Å². The van der Waals surface area contributed by atoms with Crippen LogP contribution in [0.4, 0.5) is 0 Å². The van der Waals surface area contributed by atoms with Gasteiger partial charge in [-0.1, -0.05) is 18.2 Å². The van der Waals surface area contributed by atoms with Crippen LogP contribution in [-0.4, -0.2) is 37.7 Å². The summed E-state index contributed by atoms with van der Waals surface area (Å²) in [6.07, 6.45) is 2.56. The van der Waals surface area contributed by atoms with Crippen molar-refractivity contribution in [2.24, 2.45) is 11.7 Å². The van der Waals surface area contributed by atoms with Crippen LogP contribution in [0.2, 0.25) is 0 Å². The van der Waals surface area contributed by atoms with E-state index < -0.39 is 0 Å². The summed E-state index contributed by atoms with van der Waals surface area (Å²) in [5.41, 5.74) is 5.73. The molecule has 1 aromatic carbocycles. The molecule has 0 spiro atoms. The van der Waals surface area contributed by atoms with E-state index in [1.807, 2.05) is 30.3 Å². The van der Waals surface area contributed by atoms with Gasteiger partial charge in [0.05, 0.1) is 0 Å². The molecule has 1 aliphatic heterocycles. The lowest BCUT2D eigenvalue weighted by atomic mass is 9.98. The molecular weight excluding hydrogens is 248 g/mol. The third-order valence-corrected chi connectivity index (χ3v) is 3.36. The largest absolute Gasteiger partial charge is 0.492 e. The molecular formula is C14H23ClN2O. The van der Waals surface area contributed by atoms with E-state index in [0.717, 1.165) is 32.0 Å². The maximum atomic E-state index is 5.73. The minimum absolute atomic E-state index is 0. The summed E-state index contributed by atoms with van der Waals surface area (Å²) in [7, 11) is 0. The number of nitrogens with zero attached hydrogens (tertiary/aromatic N) is 1. The molecule has 1 aromatic rings. The number of halogens is 1. The summed E-state index contributed by atoms with van der Waals surface area (Å²) < 4.78 is 5.70. The number of benzene rings is 1. The number of likely N-dealkylation sites (tertiary alicyclic amines) is 1. The highest BCUT2D eigenvalue weighted by Crippen LogP contribution is 2.15. The second-order valence-electron chi connectivity index (χ2n) is 4.71. The maximum absolute atomic E-state index is 5.73. The Kier molecular flexibility index (Phi) is 7.09. The monoisotopic (exact) mass is 270 g/mol. The molecule has 102 valence electrons. The van der Waals surface area contributed by atoms with Crippen molar-refractivity contribution < 1.29 is 4.74 Å². The number of hydrogen-bond acceptors (Lipinski definition) is 3. The minimum atomic E-state index is 0. The highest BCUT2D eigenvalue weighted by molar-refractivity contribution is 5.85. The van der Waals surface area contributed by atoms with Gasteiger partial charge in [-0.25, -0.2) is 0 Å². The topological polar surface area (TPSA) is 38.5 Å². The molecule has 3 nitrogen and oxygen atoms in total. The van der Waals surface area contributed by atoms with Gasteiger partial charge in [0.25, 0.3) is 0 Å². The summed E-state index contributed by atoms with van der Waals surface area (Å²) >= 11 is 0. The Hall–Kier alpha value is -0.770. The number of rotatable bonds is 5. The molecule has 1 unspecified atom stereocenters.